The number of rotatable bonds is 6. The summed E-state index contributed by atoms with van der Waals surface area (Å²) in [6, 6.07) is 3.55. The van der Waals surface area contributed by atoms with Crippen LogP contribution in [0.2, 0.25) is 0 Å². The number of sulfonamides is 1. The number of halogens is 3. The molecule has 6 nitrogen and oxygen atoms in total. The molecular weight excluding hydrogens is 303 g/mol. The van der Waals surface area contributed by atoms with E-state index < -0.39 is 41.4 Å². The summed E-state index contributed by atoms with van der Waals surface area (Å²) in [6.07, 6.45) is -6.12. The molecule has 10 heteroatoms. The lowest BCUT2D eigenvalue weighted by molar-refractivity contribution is -0.274. The van der Waals surface area contributed by atoms with Crippen LogP contribution in [0.4, 0.5) is 13.2 Å². The Balaban J connectivity index is 2.77. The number of aliphatic hydroxyl groups is 2. The van der Waals surface area contributed by atoms with Crippen LogP contribution in [0.25, 0.3) is 0 Å². The van der Waals surface area contributed by atoms with Gasteiger partial charge in [0.05, 0.1) is 17.6 Å². The highest BCUT2D eigenvalue weighted by Crippen LogP contribution is 2.23. The van der Waals surface area contributed by atoms with Crippen LogP contribution in [0.1, 0.15) is 0 Å². The average molecular weight is 315 g/mol. The second kappa shape index (κ2) is 6.39. The van der Waals surface area contributed by atoms with E-state index in [0.717, 1.165) is 24.3 Å². The molecule has 3 N–H and O–H groups in total. The molecule has 0 aliphatic heterocycles. The predicted molar refractivity (Wildman–Crippen MR) is 61.4 cm³/mol. The van der Waals surface area contributed by atoms with Gasteiger partial charge in [0, 0.05) is 6.54 Å². The smallest absolute Gasteiger partial charge is 0.406 e. The first kappa shape index (κ1) is 16.7. The van der Waals surface area contributed by atoms with Gasteiger partial charge in [0.15, 0.2) is 0 Å². The van der Waals surface area contributed by atoms with Gasteiger partial charge in [-0.1, -0.05) is 0 Å². The van der Waals surface area contributed by atoms with Crippen LogP contribution in [0, 0.1) is 0 Å². The summed E-state index contributed by atoms with van der Waals surface area (Å²) in [6.45, 7) is -1.04. The number of hydrogen-bond acceptors (Lipinski definition) is 5. The molecule has 0 amide bonds. The lowest BCUT2D eigenvalue weighted by atomic mass is 10.3. The number of alkyl halides is 3. The SMILES string of the molecule is O=S(=O)(NCC(O)CO)c1ccc(OC(F)(F)F)cc1. The third-order valence-electron chi connectivity index (χ3n) is 2.09. The van der Waals surface area contributed by atoms with Gasteiger partial charge in [0.25, 0.3) is 0 Å². The molecule has 0 aromatic heterocycles. The Kier molecular flexibility index (Phi) is 5.34. The van der Waals surface area contributed by atoms with Crippen molar-refractivity contribution < 1.29 is 36.5 Å². The van der Waals surface area contributed by atoms with E-state index in [9.17, 15) is 21.6 Å². The Bertz CT molecular complexity index is 529. The molecule has 0 spiro atoms. The van der Waals surface area contributed by atoms with Gasteiger partial charge in [-0.3, -0.25) is 0 Å². The minimum Gasteiger partial charge on any atom is -0.406 e. The summed E-state index contributed by atoms with van der Waals surface area (Å²) in [7, 11) is -3.98. The number of nitrogens with one attached hydrogen (secondary N) is 1. The van der Waals surface area contributed by atoms with Crippen LogP contribution in [0.15, 0.2) is 29.2 Å². The van der Waals surface area contributed by atoms with Gasteiger partial charge >= 0.3 is 6.36 Å². The number of benzene rings is 1. The molecule has 0 aliphatic rings. The fourth-order valence-electron chi connectivity index (χ4n) is 1.17. The third-order valence-corrected chi connectivity index (χ3v) is 3.53. The number of ether oxygens (including phenoxy) is 1. The monoisotopic (exact) mass is 315 g/mol. The summed E-state index contributed by atoms with van der Waals surface area (Å²) in [5.41, 5.74) is 0. The maximum Gasteiger partial charge on any atom is 0.573 e. The van der Waals surface area contributed by atoms with Crippen molar-refractivity contribution in [1.29, 1.82) is 0 Å². The van der Waals surface area contributed by atoms with Crippen molar-refractivity contribution in [3.63, 3.8) is 0 Å². The van der Waals surface area contributed by atoms with E-state index in [1.807, 2.05) is 4.72 Å². The molecule has 0 saturated heterocycles. The summed E-state index contributed by atoms with van der Waals surface area (Å²) >= 11 is 0. The van der Waals surface area contributed by atoms with Gasteiger partial charge < -0.3 is 14.9 Å². The topological polar surface area (TPSA) is 95.9 Å². The van der Waals surface area contributed by atoms with Crippen molar-refractivity contribution in [2.24, 2.45) is 0 Å². The van der Waals surface area contributed by atoms with Crippen molar-refractivity contribution in [1.82, 2.24) is 4.72 Å². The minimum atomic E-state index is -4.86. The van der Waals surface area contributed by atoms with Crippen LogP contribution in [0.5, 0.6) is 5.75 Å². The van der Waals surface area contributed by atoms with Crippen molar-refractivity contribution in [3.8, 4) is 5.75 Å². The molecule has 0 bridgehead atoms. The minimum absolute atomic E-state index is 0.294. The lowest BCUT2D eigenvalue weighted by Gasteiger charge is -2.11. The molecular formula is C10H12F3NO5S. The molecule has 1 aromatic carbocycles. The fraction of sp³-hybridized carbons (Fsp3) is 0.400. The van der Waals surface area contributed by atoms with Crippen LogP contribution in [-0.4, -0.2) is 44.2 Å². The van der Waals surface area contributed by atoms with E-state index in [-0.39, 0.29) is 4.90 Å². The van der Waals surface area contributed by atoms with Crippen molar-refractivity contribution in [2.75, 3.05) is 13.2 Å². The average Bonchev–Trinajstić information content (AvgIpc) is 2.34. The van der Waals surface area contributed by atoms with Gasteiger partial charge in [-0.2, -0.15) is 0 Å². The predicted octanol–water partition coefficient (Wildman–Crippen LogP) is 0.217. The molecule has 114 valence electrons. The van der Waals surface area contributed by atoms with E-state index >= 15 is 0 Å². The molecule has 0 radical (unpaired) electrons. The van der Waals surface area contributed by atoms with Gasteiger partial charge in [0.1, 0.15) is 5.75 Å². The number of hydrogen-bond donors (Lipinski definition) is 3. The molecule has 1 rings (SSSR count). The Hall–Kier alpha value is -1.36. The van der Waals surface area contributed by atoms with Crippen LogP contribution in [-0.2, 0) is 10.0 Å². The molecule has 0 aliphatic carbocycles. The standard InChI is InChI=1S/C10H12F3NO5S/c11-10(12,13)19-8-1-3-9(4-2-8)20(17,18)14-5-7(16)6-15/h1-4,7,14-16H,5-6H2. The summed E-state index contributed by atoms with van der Waals surface area (Å²) in [5.74, 6) is -0.549. The summed E-state index contributed by atoms with van der Waals surface area (Å²) < 4.78 is 64.7. The van der Waals surface area contributed by atoms with Gasteiger partial charge in [-0.15, -0.1) is 13.2 Å². The molecule has 20 heavy (non-hydrogen) atoms. The Morgan fingerprint density at radius 3 is 2.25 bits per heavy atom. The molecule has 1 atom stereocenters. The van der Waals surface area contributed by atoms with E-state index in [1.54, 1.807) is 0 Å². The lowest BCUT2D eigenvalue weighted by Crippen LogP contribution is -2.33. The van der Waals surface area contributed by atoms with E-state index in [1.165, 1.54) is 0 Å². The molecule has 1 unspecified atom stereocenters. The molecule has 1 aromatic rings. The van der Waals surface area contributed by atoms with Crippen LogP contribution in [0.3, 0.4) is 0 Å². The highest BCUT2D eigenvalue weighted by Gasteiger charge is 2.31. The van der Waals surface area contributed by atoms with Gasteiger partial charge in [-0.05, 0) is 24.3 Å². The second-order valence-electron chi connectivity index (χ2n) is 3.71. The first-order chi connectivity index (χ1) is 9.14. The normalized spacial score (nSPS) is 14.1. The number of aliphatic hydroxyl groups excluding tert-OH is 2. The second-order valence-corrected chi connectivity index (χ2v) is 5.47. The van der Waals surface area contributed by atoms with Crippen molar-refractivity contribution in [2.45, 2.75) is 17.4 Å². The Morgan fingerprint density at radius 1 is 1.25 bits per heavy atom. The molecule has 0 saturated carbocycles. The van der Waals surface area contributed by atoms with E-state index in [4.69, 9.17) is 10.2 Å². The zero-order valence-corrected chi connectivity index (χ0v) is 10.8. The zero-order chi connectivity index (χ0) is 15.4. The first-order valence-corrected chi connectivity index (χ1v) is 6.77. The quantitative estimate of drug-likeness (QED) is 0.698. The van der Waals surface area contributed by atoms with Crippen molar-refractivity contribution >= 4 is 10.0 Å². The maximum atomic E-state index is 11.9. The van der Waals surface area contributed by atoms with Crippen LogP contribution >= 0.6 is 0 Å². The third kappa shape index (κ3) is 5.33. The van der Waals surface area contributed by atoms with Gasteiger partial charge in [0.2, 0.25) is 10.0 Å². The Morgan fingerprint density at radius 2 is 1.80 bits per heavy atom. The molecule has 0 fully saturated rings. The van der Waals surface area contributed by atoms with Crippen molar-refractivity contribution in [3.05, 3.63) is 24.3 Å². The van der Waals surface area contributed by atoms with E-state index in [0.29, 0.717) is 0 Å². The Labute approximate surface area is 112 Å². The molecule has 0 heterocycles. The highest BCUT2D eigenvalue weighted by molar-refractivity contribution is 7.89. The van der Waals surface area contributed by atoms with E-state index in [2.05, 4.69) is 4.74 Å². The fourth-order valence-corrected chi connectivity index (χ4v) is 2.25. The first-order valence-electron chi connectivity index (χ1n) is 5.28. The largest absolute Gasteiger partial charge is 0.573 e. The summed E-state index contributed by atoms with van der Waals surface area (Å²) in [4.78, 5) is -0.294. The van der Waals surface area contributed by atoms with Gasteiger partial charge in [-0.25, -0.2) is 13.1 Å². The summed E-state index contributed by atoms with van der Waals surface area (Å²) in [5, 5.41) is 17.6. The highest BCUT2D eigenvalue weighted by atomic mass is 32.2. The van der Waals surface area contributed by atoms with Crippen LogP contribution < -0.4 is 9.46 Å². The zero-order valence-electron chi connectivity index (χ0n) is 9.96. The maximum absolute atomic E-state index is 11.9.